The molecule has 0 saturated heterocycles. The average molecular weight is 401 g/mol. The fraction of sp³-hybridized carbons (Fsp3) is 0.167. The molecule has 0 amide bonds. The quantitative estimate of drug-likeness (QED) is 0.348. The van der Waals surface area contributed by atoms with E-state index >= 15 is 0 Å². The van der Waals surface area contributed by atoms with Gasteiger partial charge in [0.2, 0.25) is 0 Å². The van der Waals surface area contributed by atoms with Gasteiger partial charge < -0.3 is 8.98 Å². The first-order chi connectivity index (χ1) is 14.2. The van der Waals surface area contributed by atoms with Crippen molar-refractivity contribution in [2.24, 2.45) is 0 Å². The molecule has 2 aromatic carbocycles. The van der Waals surface area contributed by atoms with Gasteiger partial charge in [0.1, 0.15) is 5.58 Å². The minimum absolute atomic E-state index is 0.0377. The number of para-hydroxylation sites is 1. The molecule has 2 heterocycles. The van der Waals surface area contributed by atoms with Crippen molar-refractivity contribution in [3.05, 3.63) is 94.2 Å². The lowest BCUT2D eigenvalue weighted by Crippen LogP contribution is -2.06. The molecule has 0 aliphatic heterocycles. The molecule has 0 fully saturated rings. The Morgan fingerprint density at radius 3 is 2.76 bits per heavy atom. The van der Waals surface area contributed by atoms with Crippen molar-refractivity contribution in [1.82, 2.24) is 9.55 Å². The van der Waals surface area contributed by atoms with Crippen LogP contribution in [0.5, 0.6) is 0 Å². The van der Waals surface area contributed by atoms with E-state index in [1.54, 1.807) is 30.4 Å². The molecule has 29 heavy (non-hydrogen) atoms. The Morgan fingerprint density at radius 1 is 1.14 bits per heavy atom. The van der Waals surface area contributed by atoms with Crippen LogP contribution in [0.4, 0.5) is 0 Å². The predicted molar refractivity (Wildman–Crippen MR) is 117 cm³/mol. The topological polar surface area (TPSA) is 48.0 Å². The maximum absolute atomic E-state index is 12.5. The first kappa shape index (κ1) is 19.1. The molecular weight excluding hydrogens is 380 g/mol. The summed E-state index contributed by atoms with van der Waals surface area (Å²) >= 11 is 1.54. The van der Waals surface area contributed by atoms with Crippen molar-refractivity contribution in [2.45, 2.75) is 30.7 Å². The fourth-order valence-electron chi connectivity index (χ4n) is 2.95. The van der Waals surface area contributed by atoms with Crippen LogP contribution >= 0.6 is 11.8 Å². The number of fused-ring (bicyclic) bond motifs is 1. The van der Waals surface area contributed by atoms with Gasteiger partial charge in [-0.3, -0.25) is 4.79 Å². The Bertz CT molecular complexity index is 1230. The highest BCUT2D eigenvalue weighted by molar-refractivity contribution is 7.98. The highest BCUT2D eigenvalue weighted by Crippen LogP contribution is 2.27. The first-order valence-electron chi connectivity index (χ1n) is 9.39. The molecule has 0 aliphatic rings. The van der Waals surface area contributed by atoms with Gasteiger partial charge in [0.25, 0.3) is 0 Å². The molecule has 0 atom stereocenters. The zero-order valence-corrected chi connectivity index (χ0v) is 16.9. The maximum Gasteiger partial charge on any atom is 0.196 e. The number of hydrogen-bond donors (Lipinski definition) is 0. The van der Waals surface area contributed by atoms with E-state index in [0.29, 0.717) is 21.6 Å². The second-order valence-corrected chi connectivity index (χ2v) is 7.63. The fourth-order valence-corrected chi connectivity index (χ4v) is 3.90. The van der Waals surface area contributed by atoms with E-state index in [1.807, 2.05) is 48.0 Å². The van der Waals surface area contributed by atoms with Crippen molar-refractivity contribution in [3.8, 4) is 11.8 Å². The summed E-state index contributed by atoms with van der Waals surface area (Å²) in [4.78, 5) is 16.5. The lowest BCUT2D eigenvalue weighted by Gasteiger charge is -2.06. The standard InChI is InChI=1S/C24H20N2O2S/c1-18-23(27)21-7-2-3-8-22(21)28-24(18)29-16-20-11-9-19(10-12-20)6-4-5-14-26-15-13-25-17-26/h2-3,7-13,15,17H,5,14,16H2,1H3. The summed E-state index contributed by atoms with van der Waals surface area (Å²) in [6.45, 7) is 2.67. The third kappa shape index (κ3) is 4.61. The van der Waals surface area contributed by atoms with Gasteiger partial charge >= 0.3 is 0 Å². The van der Waals surface area contributed by atoms with Gasteiger partial charge in [0.05, 0.1) is 11.7 Å². The Balaban J connectivity index is 1.39. The van der Waals surface area contributed by atoms with Crippen molar-refractivity contribution >= 4 is 22.7 Å². The smallest absolute Gasteiger partial charge is 0.196 e. The molecule has 0 bridgehead atoms. The van der Waals surface area contributed by atoms with Crippen LogP contribution < -0.4 is 5.43 Å². The van der Waals surface area contributed by atoms with Gasteiger partial charge in [-0.2, -0.15) is 0 Å². The number of thioether (sulfide) groups is 1. The van der Waals surface area contributed by atoms with Crippen LogP contribution in [-0.4, -0.2) is 9.55 Å². The molecule has 0 saturated carbocycles. The third-order valence-corrected chi connectivity index (χ3v) is 5.72. The van der Waals surface area contributed by atoms with Crippen LogP contribution in [0, 0.1) is 18.8 Å². The number of rotatable bonds is 5. The monoisotopic (exact) mass is 400 g/mol. The van der Waals surface area contributed by atoms with Gasteiger partial charge in [-0.05, 0) is 36.8 Å². The normalized spacial score (nSPS) is 10.7. The Hall–Kier alpha value is -3.23. The predicted octanol–water partition coefficient (Wildman–Crippen LogP) is 5.03. The molecular formula is C24H20N2O2S. The van der Waals surface area contributed by atoms with E-state index in [9.17, 15) is 4.79 Å². The lowest BCUT2D eigenvalue weighted by molar-refractivity contribution is 0.492. The largest absolute Gasteiger partial charge is 0.449 e. The van der Waals surface area contributed by atoms with Crippen LogP contribution in [0.2, 0.25) is 0 Å². The Morgan fingerprint density at radius 2 is 1.97 bits per heavy atom. The summed E-state index contributed by atoms with van der Waals surface area (Å²) in [5.74, 6) is 7.12. The number of hydrogen-bond acceptors (Lipinski definition) is 4. The molecule has 0 spiro atoms. The van der Waals surface area contributed by atoms with Gasteiger partial charge in [-0.15, -0.1) is 0 Å². The van der Waals surface area contributed by atoms with Crippen molar-refractivity contribution in [3.63, 3.8) is 0 Å². The van der Waals surface area contributed by atoms with Crippen LogP contribution in [0.1, 0.15) is 23.1 Å². The summed E-state index contributed by atoms with van der Waals surface area (Å²) in [6, 6.07) is 15.6. The number of imidazole rings is 1. The molecule has 4 rings (SSSR count). The second kappa shape index (κ2) is 8.85. The molecule has 144 valence electrons. The molecule has 0 aliphatic carbocycles. The van der Waals surface area contributed by atoms with Crippen LogP contribution in [0.3, 0.4) is 0 Å². The number of aromatic nitrogens is 2. The third-order valence-electron chi connectivity index (χ3n) is 4.59. The summed E-state index contributed by atoms with van der Waals surface area (Å²) in [6.07, 6.45) is 6.30. The number of nitrogens with zero attached hydrogens (tertiary/aromatic N) is 2. The van der Waals surface area contributed by atoms with E-state index in [0.717, 1.165) is 29.8 Å². The molecule has 4 aromatic rings. The molecule has 0 radical (unpaired) electrons. The van der Waals surface area contributed by atoms with Crippen molar-refractivity contribution in [1.29, 1.82) is 0 Å². The van der Waals surface area contributed by atoms with E-state index in [2.05, 4.69) is 29.0 Å². The van der Waals surface area contributed by atoms with E-state index < -0.39 is 0 Å². The molecule has 0 N–H and O–H groups in total. The Kier molecular flexibility index (Phi) is 5.83. The second-order valence-electron chi connectivity index (χ2n) is 6.68. The van der Waals surface area contributed by atoms with E-state index in [-0.39, 0.29) is 5.43 Å². The van der Waals surface area contributed by atoms with Gasteiger partial charge in [-0.25, -0.2) is 4.98 Å². The SMILES string of the molecule is Cc1c(SCc2ccc(C#CCCn3ccnc3)cc2)oc2ccccc2c1=O. The zero-order chi connectivity index (χ0) is 20.1. The summed E-state index contributed by atoms with van der Waals surface area (Å²) in [7, 11) is 0. The average Bonchev–Trinajstić information content (AvgIpc) is 3.27. The van der Waals surface area contributed by atoms with Gasteiger partial charge in [0, 0.05) is 42.2 Å². The number of benzene rings is 2. The van der Waals surface area contributed by atoms with Gasteiger partial charge in [-0.1, -0.05) is 47.9 Å². The number of aryl methyl sites for hydroxylation is 1. The highest BCUT2D eigenvalue weighted by Gasteiger charge is 2.11. The van der Waals surface area contributed by atoms with E-state index in [1.165, 1.54) is 0 Å². The van der Waals surface area contributed by atoms with Crippen LogP contribution in [-0.2, 0) is 12.3 Å². The van der Waals surface area contributed by atoms with E-state index in [4.69, 9.17) is 4.42 Å². The van der Waals surface area contributed by atoms with Crippen LogP contribution in [0.25, 0.3) is 11.0 Å². The minimum atomic E-state index is 0.0377. The van der Waals surface area contributed by atoms with Gasteiger partial charge in [0.15, 0.2) is 10.5 Å². The summed E-state index contributed by atoms with van der Waals surface area (Å²) < 4.78 is 7.97. The maximum atomic E-state index is 12.5. The Labute approximate surface area is 173 Å². The lowest BCUT2D eigenvalue weighted by atomic mass is 10.1. The molecule has 0 unspecified atom stereocenters. The molecule has 2 aromatic heterocycles. The molecule has 5 heteroatoms. The van der Waals surface area contributed by atoms with Crippen molar-refractivity contribution in [2.75, 3.05) is 0 Å². The van der Waals surface area contributed by atoms with Crippen LogP contribution in [0.15, 0.2) is 81.6 Å². The highest BCUT2D eigenvalue weighted by atomic mass is 32.2. The van der Waals surface area contributed by atoms with Crippen molar-refractivity contribution < 1.29 is 4.42 Å². The minimum Gasteiger partial charge on any atom is -0.449 e. The summed E-state index contributed by atoms with van der Waals surface area (Å²) in [5, 5.41) is 1.31. The first-order valence-corrected chi connectivity index (χ1v) is 10.4. The molecule has 4 nitrogen and oxygen atoms in total. The zero-order valence-electron chi connectivity index (χ0n) is 16.1. The summed E-state index contributed by atoms with van der Waals surface area (Å²) in [5.41, 5.74) is 3.49.